The Morgan fingerprint density at radius 1 is 1.14 bits per heavy atom. The van der Waals surface area contributed by atoms with E-state index in [0.29, 0.717) is 18.8 Å². The van der Waals surface area contributed by atoms with Crippen molar-refractivity contribution in [3.63, 3.8) is 0 Å². The van der Waals surface area contributed by atoms with Crippen molar-refractivity contribution >= 4 is 31.9 Å². The molecule has 2 rings (SSSR count). The smallest absolute Gasteiger partial charge is 0.258 e. The van der Waals surface area contributed by atoms with Crippen LogP contribution in [-0.4, -0.2) is 38.3 Å². The second-order valence-corrected chi connectivity index (χ2v) is 9.05. The molecule has 152 valence electrons. The Balaban J connectivity index is 1.97. The molecule has 0 fully saturated rings. The lowest BCUT2D eigenvalue weighted by atomic mass is 10.1. The summed E-state index contributed by atoms with van der Waals surface area (Å²) in [5, 5.41) is 2.85. The van der Waals surface area contributed by atoms with Gasteiger partial charge in [-0.2, -0.15) is 4.31 Å². The first-order valence-corrected chi connectivity index (χ1v) is 11.3. The Labute approximate surface area is 175 Å². The molecule has 1 atom stereocenters. The molecule has 0 aliphatic heterocycles. The number of ether oxygens (including phenoxy) is 1. The molecular formula is C20H25BrN2O4S. The zero-order valence-electron chi connectivity index (χ0n) is 16.2. The van der Waals surface area contributed by atoms with Crippen LogP contribution in [0.25, 0.3) is 0 Å². The van der Waals surface area contributed by atoms with E-state index >= 15 is 0 Å². The Morgan fingerprint density at radius 3 is 2.36 bits per heavy atom. The van der Waals surface area contributed by atoms with E-state index in [9.17, 15) is 13.2 Å². The van der Waals surface area contributed by atoms with E-state index in [-0.39, 0.29) is 23.5 Å². The summed E-state index contributed by atoms with van der Waals surface area (Å²) in [7, 11) is -3.49. The summed E-state index contributed by atoms with van der Waals surface area (Å²) in [6.07, 6.45) is 0. The molecule has 0 aliphatic rings. The molecule has 0 saturated carbocycles. The number of halogens is 1. The van der Waals surface area contributed by atoms with Crippen molar-refractivity contribution in [3.05, 3.63) is 58.6 Å². The van der Waals surface area contributed by atoms with Crippen molar-refractivity contribution in [2.45, 2.75) is 31.7 Å². The van der Waals surface area contributed by atoms with Crippen molar-refractivity contribution < 1.29 is 17.9 Å². The first-order valence-electron chi connectivity index (χ1n) is 9.05. The number of amides is 1. The number of rotatable bonds is 9. The molecular weight excluding hydrogens is 444 g/mol. The number of nitrogens with zero attached hydrogens (tertiary/aromatic N) is 1. The third-order valence-electron chi connectivity index (χ3n) is 4.27. The van der Waals surface area contributed by atoms with Crippen LogP contribution < -0.4 is 10.1 Å². The van der Waals surface area contributed by atoms with Crippen LogP contribution in [0, 0.1) is 0 Å². The Morgan fingerprint density at radius 2 is 1.79 bits per heavy atom. The third kappa shape index (κ3) is 5.80. The molecule has 0 saturated heterocycles. The van der Waals surface area contributed by atoms with Crippen molar-refractivity contribution in [1.29, 1.82) is 0 Å². The van der Waals surface area contributed by atoms with E-state index in [1.807, 2.05) is 32.9 Å². The summed E-state index contributed by atoms with van der Waals surface area (Å²) in [6.45, 7) is 6.20. The van der Waals surface area contributed by atoms with Gasteiger partial charge in [0.15, 0.2) is 6.61 Å². The minimum atomic E-state index is -3.49. The monoisotopic (exact) mass is 468 g/mol. The second kappa shape index (κ2) is 10.0. The van der Waals surface area contributed by atoms with Crippen LogP contribution in [0.5, 0.6) is 5.75 Å². The number of nitrogens with one attached hydrogen (secondary N) is 1. The predicted octanol–water partition coefficient (Wildman–Crippen LogP) is 3.74. The fourth-order valence-electron chi connectivity index (χ4n) is 2.71. The summed E-state index contributed by atoms with van der Waals surface area (Å²) < 4.78 is 32.8. The molecule has 0 aliphatic carbocycles. The van der Waals surface area contributed by atoms with Gasteiger partial charge in [-0.25, -0.2) is 8.42 Å². The van der Waals surface area contributed by atoms with Gasteiger partial charge in [0.05, 0.1) is 10.9 Å². The molecule has 0 aromatic heterocycles. The van der Waals surface area contributed by atoms with Gasteiger partial charge in [0, 0.05) is 17.6 Å². The van der Waals surface area contributed by atoms with Crippen LogP contribution in [0.15, 0.2) is 57.9 Å². The summed E-state index contributed by atoms with van der Waals surface area (Å²) >= 11 is 3.35. The van der Waals surface area contributed by atoms with Crippen LogP contribution >= 0.6 is 15.9 Å². The van der Waals surface area contributed by atoms with Crippen LogP contribution in [-0.2, 0) is 14.8 Å². The Kier molecular flexibility index (Phi) is 8.03. The average molecular weight is 469 g/mol. The fourth-order valence-corrected chi connectivity index (χ4v) is 4.55. The topological polar surface area (TPSA) is 75.7 Å². The van der Waals surface area contributed by atoms with E-state index < -0.39 is 10.0 Å². The quantitative estimate of drug-likeness (QED) is 0.607. The molecule has 8 heteroatoms. The van der Waals surface area contributed by atoms with Gasteiger partial charge in [0.2, 0.25) is 10.0 Å². The van der Waals surface area contributed by atoms with E-state index in [1.165, 1.54) is 4.31 Å². The lowest BCUT2D eigenvalue weighted by molar-refractivity contribution is -0.123. The average Bonchev–Trinajstić information content (AvgIpc) is 2.67. The fraction of sp³-hybridized carbons (Fsp3) is 0.350. The van der Waals surface area contributed by atoms with Crippen LogP contribution in [0.2, 0.25) is 0 Å². The predicted molar refractivity (Wildman–Crippen MR) is 113 cm³/mol. The maximum Gasteiger partial charge on any atom is 0.258 e. The molecule has 0 heterocycles. The van der Waals surface area contributed by atoms with Crippen molar-refractivity contribution in [2.75, 3.05) is 19.7 Å². The van der Waals surface area contributed by atoms with Gasteiger partial charge in [-0.05, 0) is 42.8 Å². The highest BCUT2D eigenvalue weighted by Gasteiger charge is 2.21. The molecule has 0 bridgehead atoms. The molecule has 6 nitrogen and oxygen atoms in total. The maximum absolute atomic E-state index is 12.5. The minimum absolute atomic E-state index is 0.102. The highest BCUT2D eigenvalue weighted by molar-refractivity contribution is 9.10. The highest BCUT2D eigenvalue weighted by Crippen LogP contribution is 2.20. The number of hydrogen-bond donors (Lipinski definition) is 1. The number of benzene rings is 2. The number of carbonyl (C=O) groups excluding carboxylic acids is 1. The minimum Gasteiger partial charge on any atom is -0.484 e. The summed E-state index contributed by atoms with van der Waals surface area (Å²) in [4.78, 5) is 12.4. The van der Waals surface area contributed by atoms with Crippen LogP contribution in [0.3, 0.4) is 0 Å². The molecule has 28 heavy (non-hydrogen) atoms. The Hall–Kier alpha value is -1.90. The van der Waals surface area contributed by atoms with Crippen molar-refractivity contribution in [3.8, 4) is 5.75 Å². The number of hydrogen-bond acceptors (Lipinski definition) is 4. The molecule has 2 aromatic carbocycles. The normalized spacial score (nSPS) is 12.6. The lowest BCUT2D eigenvalue weighted by Gasteiger charge is -2.19. The molecule has 1 amide bonds. The zero-order valence-corrected chi connectivity index (χ0v) is 18.6. The van der Waals surface area contributed by atoms with Gasteiger partial charge in [-0.15, -0.1) is 0 Å². The Bertz CT molecular complexity index is 897. The largest absolute Gasteiger partial charge is 0.484 e. The van der Waals surface area contributed by atoms with Gasteiger partial charge < -0.3 is 10.1 Å². The zero-order chi connectivity index (χ0) is 20.7. The standard InChI is InChI=1S/C20H25BrN2O4S/c1-4-23(5-2)28(25,26)19-11-9-16(10-12-19)15(3)22-20(24)14-27-18-8-6-7-17(21)13-18/h6-13,15H,4-5,14H2,1-3H3,(H,22,24). The molecule has 1 unspecified atom stereocenters. The SMILES string of the molecule is CCN(CC)S(=O)(=O)c1ccc(C(C)NC(=O)COc2cccc(Br)c2)cc1. The maximum atomic E-state index is 12.5. The van der Waals surface area contributed by atoms with Gasteiger partial charge in [0.25, 0.3) is 5.91 Å². The highest BCUT2D eigenvalue weighted by atomic mass is 79.9. The van der Waals surface area contributed by atoms with Gasteiger partial charge in [-0.3, -0.25) is 4.79 Å². The summed E-state index contributed by atoms with van der Waals surface area (Å²) in [6, 6.07) is 13.6. The first-order chi connectivity index (χ1) is 13.3. The first kappa shape index (κ1) is 22.4. The number of sulfonamides is 1. The van der Waals surface area contributed by atoms with Gasteiger partial charge in [-0.1, -0.05) is 48.0 Å². The van der Waals surface area contributed by atoms with E-state index in [1.54, 1.807) is 36.4 Å². The second-order valence-electron chi connectivity index (χ2n) is 6.19. The number of carbonyl (C=O) groups is 1. The van der Waals surface area contributed by atoms with Crippen LogP contribution in [0.1, 0.15) is 32.4 Å². The summed E-state index contributed by atoms with van der Waals surface area (Å²) in [5.41, 5.74) is 0.814. The van der Waals surface area contributed by atoms with Crippen molar-refractivity contribution in [2.24, 2.45) is 0 Å². The van der Waals surface area contributed by atoms with Gasteiger partial charge in [0.1, 0.15) is 5.75 Å². The van der Waals surface area contributed by atoms with E-state index in [0.717, 1.165) is 10.0 Å². The summed E-state index contributed by atoms with van der Waals surface area (Å²) in [5.74, 6) is 0.343. The van der Waals surface area contributed by atoms with Gasteiger partial charge >= 0.3 is 0 Å². The molecule has 0 radical (unpaired) electrons. The van der Waals surface area contributed by atoms with Crippen molar-refractivity contribution in [1.82, 2.24) is 9.62 Å². The van der Waals surface area contributed by atoms with E-state index in [2.05, 4.69) is 21.2 Å². The lowest BCUT2D eigenvalue weighted by Crippen LogP contribution is -2.31. The third-order valence-corrected chi connectivity index (χ3v) is 6.82. The van der Waals surface area contributed by atoms with E-state index in [4.69, 9.17) is 4.74 Å². The molecule has 1 N–H and O–H groups in total. The van der Waals surface area contributed by atoms with Crippen LogP contribution in [0.4, 0.5) is 0 Å². The molecule has 2 aromatic rings. The molecule has 0 spiro atoms.